The molecule has 3 rings (SSSR count). The Morgan fingerprint density at radius 2 is 1.79 bits per heavy atom. The lowest BCUT2D eigenvalue weighted by atomic mass is 9.57. The van der Waals surface area contributed by atoms with Gasteiger partial charge in [0.05, 0.1) is 18.3 Å². The molecule has 1 aromatic carbocycles. The molecule has 2 aliphatic carbocycles. The summed E-state index contributed by atoms with van der Waals surface area (Å²) in [5, 5.41) is 2.81. The van der Waals surface area contributed by atoms with Crippen molar-refractivity contribution in [3.05, 3.63) is 29.6 Å². The van der Waals surface area contributed by atoms with E-state index in [1.165, 1.54) is 64.0 Å². The van der Waals surface area contributed by atoms with Crippen LogP contribution in [0.5, 0.6) is 5.75 Å². The van der Waals surface area contributed by atoms with Crippen LogP contribution in [-0.4, -0.2) is 30.6 Å². The molecule has 6 heteroatoms. The van der Waals surface area contributed by atoms with Crippen LogP contribution in [0.1, 0.15) is 109 Å². The summed E-state index contributed by atoms with van der Waals surface area (Å²) in [6, 6.07) is 4.78. The Balaban J connectivity index is 0.000000509. The van der Waals surface area contributed by atoms with Crippen molar-refractivity contribution < 1.29 is 23.5 Å². The number of esters is 1. The lowest BCUT2D eigenvalue weighted by molar-refractivity contribution is -0.144. The smallest absolute Gasteiger partial charge is 0.302 e. The van der Waals surface area contributed by atoms with Crippen molar-refractivity contribution in [2.24, 2.45) is 11.3 Å². The molecule has 1 aromatic rings. The molecule has 2 saturated carbocycles. The van der Waals surface area contributed by atoms with Crippen LogP contribution in [-0.2, 0) is 9.53 Å². The van der Waals surface area contributed by atoms with Gasteiger partial charge in [-0.2, -0.15) is 0 Å². The number of hydrogen-bond donors (Lipinski definition) is 1. The highest BCUT2D eigenvalue weighted by Gasteiger charge is 2.41. The maximum atomic E-state index is 14.2. The van der Waals surface area contributed by atoms with Crippen molar-refractivity contribution in [2.45, 2.75) is 111 Å². The van der Waals surface area contributed by atoms with E-state index in [0.29, 0.717) is 17.8 Å². The number of benzene rings is 1. The van der Waals surface area contributed by atoms with Gasteiger partial charge in [0.1, 0.15) is 11.6 Å². The van der Waals surface area contributed by atoms with Crippen LogP contribution < -0.4 is 10.1 Å². The lowest BCUT2D eigenvalue weighted by Crippen LogP contribution is -2.37. The zero-order chi connectivity index (χ0) is 25.1. The molecule has 5 nitrogen and oxygen atoms in total. The Hall–Kier alpha value is -2.11. The van der Waals surface area contributed by atoms with Gasteiger partial charge in [-0.25, -0.2) is 4.39 Å². The van der Waals surface area contributed by atoms with Crippen LogP contribution in [0.2, 0.25) is 0 Å². The minimum atomic E-state index is -0.506. The number of rotatable bonds is 12. The molecule has 1 N–H and O–H groups in total. The molecule has 2 fully saturated rings. The van der Waals surface area contributed by atoms with Gasteiger partial charge in [-0.3, -0.25) is 9.59 Å². The first-order chi connectivity index (χ1) is 16.2. The summed E-state index contributed by atoms with van der Waals surface area (Å²) in [4.78, 5) is 22.0. The second-order valence-corrected chi connectivity index (χ2v) is 10.3. The van der Waals surface area contributed by atoms with Gasteiger partial charge in [0.2, 0.25) is 0 Å². The molecule has 192 valence electrons. The van der Waals surface area contributed by atoms with Crippen molar-refractivity contribution in [1.82, 2.24) is 5.32 Å². The summed E-state index contributed by atoms with van der Waals surface area (Å²) in [5.74, 6) is 0.296. The summed E-state index contributed by atoms with van der Waals surface area (Å²) in [6.07, 6.45) is 12.3. The van der Waals surface area contributed by atoms with E-state index in [2.05, 4.69) is 23.9 Å². The normalized spacial score (nSPS) is 16.8. The number of halogens is 1. The average Bonchev–Trinajstić information content (AvgIpc) is 3.53. The van der Waals surface area contributed by atoms with E-state index in [9.17, 15) is 14.0 Å². The fourth-order valence-corrected chi connectivity index (χ4v) is 5.12. The SMILES string of the molecule is CC(=O)OC(C)C.CCCC1(CCC)CC(CCCOc2ccc(C(=O)NC3CC3)c(F)c2)C1. The molecule has 0 aromatic heterocycles. The van der Waals surface area contributed by atoms with Crippen LogP contribution in [0.3, 0.4) is 0 Å². The highest BCUT2D eigenvalue weighted by molar-refractivity contribution is 5.95. The number of carbonyl (C=O) groups is 2. The molecule has 0 unspecified atom stereocenters. The molecular weight excluding hydrogens is 433 g/mol. The predicted octanol–water partition coefficient (Wildman–Crippen LogP) is 6.83. The van der Waals surface area contributed by atoms with E-state index in [0.717, 1.165) is 25.2 Å². The van der Waals surface area contributed by atoms with E-state index in [4.69, 9.17) is 4.74 Å². The molecule has 34 heavy (non-hydrogen) atoms. The third-order valence-corrected chi connectivity index (χ3v) is 6.53. The fraction of sp³-hybridized carbons (Fsp3) is 0.714. The standard InChI is InChI=1S/C23H34FNO2.C5H10O2/c1-3-11-23(12-4-2)15-17(16-23)6-5-13-27-19-9-10-20(21(24)14-19)22(26)25-18-7-8-18;1-4(2)7-5(3)6/h9-10,14,17-18H,3-8,11-13,15-16H2,1-2H3,(H,25,26);4H,1-3H3. The monoisotopic (exact) mass is 477 g/mol. The van der Waals surface area contributed by atoms with Crippen LogP contribution in [0.25, 0.3) is 0 Å². The van der Waals surface area contributed by atoms with E-state index in [1.54, 1.807) is 6.07 Å². The molecule has 0 spiro atoms. The van der Waals surface area contributed by atoms with Gasteiger partial charge >= 0.3 is 5.97 Å². The first kappa shape index (κ1) is 28.1. The molecule has 0 heterocycles. The third kappa shape index (κ3) is 9.63. The number of nitrogens with one attached hydrogen (secondary N) is 1. The second kappa shape index (κ2) is 13.7. The molecule has 0 saturated heterocycles. The molecule has 1 amide bonds. The lowest BCUT2D eigenvalue weighted by Gasteiger charge is -2.48. The van der Waals surface area contributed by atoms with Gasteiger partial charge in [-0.15, -0.1) is 0 Å². The highest BCUT2D eigenvalue weighted by atomic mass is 19.1. The van der Waals surface area contributed by atoms with Gasteiger partial charge in [0.15, 0.2) is 0 Å². The number of ether oxygens (including phenoxy) is 2. The van der Waals surface area contributed by atoms with E-state index < -0.39 is 5.82 Å². The van der Waals surface area contributed by atoms with Crippen molar-refractivity contribution in [3.63, 3.8) is 0 Å². The third-order valence-electron chi connectivity index (χ3n) is 6.53. The van der Waals surface area contributed by atoms with E-state index in [1.807, 2.05) is 13.8 Å². The molecule has 0 bridgehead atoms. The van der Waals surface area contributed by atoms with E-state index >= 15 is 0 Å². The quantitative estimate of drug-likeness (QED) is 0.265. The number of carbonyl (C=O) groups excluding carboxylic acids is 2. The maximum absolute atomic E-state index is 14.2. The number of hydrogen-bond acceptors (Lipinski definition) is 4. The van der Waals surface area contributed by atoms with Crippen molar-refractivity contribution in [1.29, 1.82) is 0 Å². The zero-order valence-corrected chi connectivity index (χ0v) is 21.8. The van der Waals surface area contributed by atoms with Crippen LogP contribution in [0, 0.1) is 17.2 Å². The average molecular weight is 478 g/mol. The first-order valence-electron chi connectivity index (χ1n) is 13.1. The van der Waals surface area contributed by atoms with Gasteiger partial charge in [-0.1, -0.05) is 26.7 Å². The Labute approximate surface area is 205 Å². The van der Waals surface area contributed by atoms with Crippen LogP contribution >= 0.6 is 0 Å². The Morgan fingerprint density at radius 1 is 1.15 bits per heavy atom. The summed E-state index contributed by atoms with van der Waals surface area (Å²) in [5.41, 5.74) is 0.724. The van der Waals surface area contributed by atoms with E-state index in [-0.39, 0.29) is 29.6 Å². The summed E-state index contributed by atoms with van der Waals surface area (Å²) < 4.78 is 24.5. The minimum absolute atomic E-state index is 0.0255. The molecule has 2 aliphatic rings. The van der Waals surface area contributed by atoms with Gasteiger partial charge < -0.3 is 14.8 Å². The fourth-order valence-electron chi connectivity index (χ4n) is 5.12. The largest absolute Gasteiger partial charge is 0.493 e. The summed E-state index contributed by atoms with van der Waals surface area (Å²) >= 11 is 0. The van der Waals surface area contributed by atoms with Crippen LogP contribution in [0.15, 0.2) is 18.2 Å². The topological polar surface area (TPSA) is 64.6 Å². The van der Waals surface area contributed by atoms with Gasteiger partial charge in [-0.05, 0) is 88.7 Å². The van der Waals surface area contributed by atoms with Crippen molar-refractivity contribution in [3.8, 4) is 5.75 Å². The molecule has 0 radical (unpaired) electrons. The Morgan fingerprint density at radius 3 is 2.26 bits per heavy atom. The van der Waals surface area contributed by atoms with Crippen molar-refractivity contribution >= 4 is 11.9 Å². The second-order valence-electron chi connectivity index (χ2n) is 10.3. The van der Waals surface area contributed by atoms with Crippen LogP contribution in [0.4, 0.5) is 4.39 Å². The molecular formula is C28H44FNO4. The van der Waals surface area contributed by atoms with Gasteiger partial charge in [0.25, 0.3) is 5.91 Å². The molecule has 0 atom stereocenters. The zero-order valence-electron chi connectivity index (χ0n) is 21.8. The van der Waals surface area contributed by atoms with Gasteiger partial charge in [0, 0.05) is 19.0 Å². The predicted molar refractivity (Wildman–Crippen MR) is 133 cm³/mol. The summed E-state index contributed by atoms with van der Waals surface area (Å²) in [6.45, 7) is 10.2. The minimum Gasteiger partial charge on any atom is -0.493 e. The van der Waals surface area contributed by atoms with Crippen molar-refractivity contribution in [2.75, 3.05) is 6.61 Å². The molecule has 0 aliphatic heterocycles. The maximum Gasteiger partial charge on any atom is 0.302 e. The highest BCUT2D eigenvalue weighted by Crippen LogP contribution is 2.53. The number of amides is 1. The summed E-state index contributed by atoms with van der Waals surface area (Å²) in [7, 11) is 0. The Bertz CT molecular complexity index is 777. The first-order valence-corrected chi connectivity index (χ1v) is 13.1. The Kier molecular flexibility index (Phi) is 11.3.